The zero-order chi connectivity index (χ0) is 22.1. The molecule has 32 heavy (non-hydrogen) atoms. The molecule has 1 saturated heterocycles. The number of pyridine rings is 1. The quantitative estimate of drug-likeness (QED) is 0.589. The maximum atomic E-state index is 11.9. The van der Waals surface area contributed by atoms with Crippen molar-refractivity contribution in [1.29, 1.82) is 0 Å². The Balaban J connectivity index is 1.44. The summed E-state index contributed by atoms with van der Waals surface area (Å²) in [5.41, 5.74) is 3.32. The van der Waals surface area contributed by atoms with Crippen molar-refractivity contribution in [2.75, 3.05) is 49.6 Å². The van der Waals surface area contributed by atoms with E-state index in [2.05, 4.69) is 39.6 Å². The molecule has 4 heterocycles. The first kappa shape index (κ1) is 20.2. The fourth-order valence-corrected chi connectivity index (χ4v) is 4.59. The maximum absolute atomic E-state index is 11.9. The van der Waals surface area contributed by atoms with Crippen LogP contribution in [0.1, 0.15) is 11.3 Å². The molecule has 1 aromatic carbocycles. The topological polar surface area (TPSA) is 74.7 Å². The highest BCUT2D eigenvalue weighted by Crippen LogP contribution is 2.33. The van der Waals surface area contributed by atoms with E-state index in [4.69, 9.17) is 14.7 Å². The van der Waals surface area contributed by atoms with Gasteiger partial charge in [-0.3, -0.25) is 9.78 Å². The Labute approximate surface area is 187 Å². The van der Waals surface area contributed by atoms with Crippen molar-refractivity contribution >= 4 is 28.2 Å². The predicted octanol–water partition coefficient (Wildman–Crippen LogP) is 2.43. The molecule has 0 atom stereocenters. The minimum Gasteiger partial charge on any atom is -0.467 e. The van der Waals surface area contributed by atoms with Crippen molar-refractivity contribution in [1.82, 2.24) is 19.9 Å². The molecule has 3 aromatic rings. The number of methoxy groups -OCH3 is 1. The van der Waals surface area contributed by atoms with Crippen LogP contribution in [0.25, 0.3) is 10.8 Å². The average Bonchev–Trinajstić information content (AvgIpc) is 2.87. The van der Waals surface area contributed by atoms with E-state index in [-0.39, 0.29) is 5.91 Å². The first-order chi connectivity index (χ1) is 15.7. The molecule has 2 aromatic heterocycles. The number of fused-ring (bicyclic) bond motifs is 2. The highest BCUT2D eigenvalue weighted by Gasteiger charge is 2.28. The van der Waals surface area contributed by atoms with E-state index in [1.54, 1.807) is 7.11 Å². The molecule has 0 N–H and O–H groups in total. The van der Waals surface area contributed by atoms with Crippen molar-refractivity contribution in [3.63, 3.8) is 0 Å². The van der Waals surface area contributed by atoms with Gasteiger partial charge in [0.2, 0.25) is 5.91 Å². The molecule has 164 valence electrons. The molecule has 8 heteroatoms. The maximum Gasteiger partial charge on any atom is 0.318 e. The molecule has 0 aliphatic carbocycles. The lowest BCUT2D eigenvalue weighted by Crippen LogP contribution is -2.49. The molecule has 1 amide bonds. The van der Waals surface area contributed by atoms with E-state index >= 15 is 0 Å². The Morgan fingerprint density at radius 2 is 1.94 bits per heavy atom. The smallest absolute Gasteiger partial charge is 0.318 e. The first-order valence-corrected chi connectivity index (χ1v) is 10.9. The van der Waals surface area contributed by atoms with Crippen LogP contribution in [0.3, 0.4) is 0 Å². The Bertz CT molecular complexity index is 1170. The lowest BCUT2D eigenvalue weighted by atomic mass is 10.0. The number of anilines is 2. The van der Waals surface area contributed by atoms with Gasteiger partial charge in [-0.15, -0.1) is 0 Å². The van der Waals surface area contributed by atoms with E-state index in [9.17, 15) is 4.79 Å². The minimum atomic E-state index is -0.0211. The highest BCUT2D eigenvalue weighted by atomic mass is 16.5. The van der Waals surface area contributed by atoms with Crippen LogP contribution in [0.15, 0.2) is 49.3 Å². The molecule has 1 fully saturated rings. The van der Waals surface area contributed by atoms with Crippen molar-refractivity contribution in [3.8, 4) is 6.01 Å². The van der Waals surface area contributed by atoms with Crippen molar-refractivity contribution < 1.29 is 9.53 Å². The summed E-state index contributed by atoms with van der Waals surface area (Å²) in [5.74, 6) is 0.906. The van der Waals surface area contributed by atoms with E-state index in [0.717, 1.165) is 48.6 Å². The van der Waals surface area contributed by atoms with E-state index in [1.165, 1.54) is 17.0 Å². The molecule has 0 bridgehead atoms. The van der Waals surface area contributed by atoms with Crippen LogP contribution in [-0.4, -0.2) is 65.6 Å². The number of nitrogens with zero attached hydrogens (tertiary/aromatic N) is 6. The normalized spacial score (nSPS) is 16.1. The van der Waals surface area contributed by atoms with E-state index < -0.39 is 0 Å². The Morgan fingerprint density at radius 3 is 2.72 bits per heavy atom. The summed E-state index contributed by atoms with van der Waals surface area (Å²) in [6, 6.07) is 8.76. The number of amides is 1. The summed E-state index contributed by atoms with van der Waals surface area (Å²) >= 11 is 0. The van der Waals surface area contributed by atoms with Crippen LogP contribution >= 0.6 is 0 Å². The summed E-state index contributed by atoms with van der Waals surface area (Å²) in [5, 5.41) is 2.32. The first-order valence-electron chi connectivity index (χ1n) is 10.9. The Kier molecular flexibility index (Phi) is 5.34. The van der Waals surface area contributed by atoms with Gasteiger partial charge in [-0.1, -0.05) is 18.7 Å². The third-order valence-electron chi connectivity index (χ3n) is 6.27. The lowest BCUT2D eigenvalue weighted by molar-refractivity contribution is -0.126. The number of rotatable bonds is 4. The molecule has 2 aliphatic rings. The zero-order valence-corrected chi connectivity index (χ0v) is 18.2. The monoisotopic (exact) mass is 430 g/mol. The third-order valence-corrected chi connectivity index (χ3v) is 6.27. The zero-order valence-electron chi connectivity index (χ0n) is 18.2. The Morgan fingerprint density at radius 1 is 1.09 bits per heavy atom. The molecule has 0 unspecified atom stereocenters. The highest BCUT2D eigenvalue weighted by molar-refractivity contribution is 5.93. The van der Waals surface area contributed by atoms with Crippen LogP contribution < -0.4 is 14.5 Å². The summed E-state index contributed by atoms with van der Waals surface area (Å²) in [6.45, 7) is 7.91. The molecule has 2 aliphatic heterocycles. The second-order valence-corrected chi connectivity index (χ2v) is 8.02. The van der Waals surface area contributed by atoms with Gasteiger partial charge in [-0.05, 0) is 30.0 Å². The van der Waals surface area contributed by atoms with Crippen LogP contribution in [-0.2, 0) is 17.8 Å². The Hall–Kier alpha value is -3.68. The second kappa shape index (κ2) is 8.45. The number of ether oxygens (including phenoxy) is 1. The van der Waals surface area contributed by atoms with Crippen LogP contribution in [0.4, 0.5) is 11.5 Å². The van der Waals surface area contributed by atoms with Crippen LogP contribution in [0.2, 0.25) is 0 Å². The van der Waals surface area contributed by atoms with Gasteiger partial charge in [0.1, 0.15) is 5.82 Å². The standard InChI is InChI=1S/C24H26N6O2/c1-3-22(31)28-11-13-29(14-12-28)23-18-8-10-30(16-20(18)26-24(27-23)32-2)21-6-4-5-17-7-9-25-15-19(17)21/h3-7,9,15H,1,8,10-14,16H2,2H3. The van der Waals surface area contributed by atoms with Gasteiger partial charge >= 0.3 is 6.01 Å². The van der Waals surface area contributed by atoms with Crippen LogP contribution in [0.5, 0.6) is 6.01 Å². The van der Waals surface area contributed by atoms with Crippen LogP contribution in [0, 0.1) is 0 Å². The number of hydrogen-bond donors (Lipinski definition) is 0. The number of piperazine rings is 1. The van der Waals surface area contributed by atoms with Gasteiger partial charge in [0.25, 0.3) is 0 Å². The molecule has 0 radical (unpaired) electrons. The van der Waals surface area contributed by atoms with Gasteiger partial charge in [-0.2, -0.15) is 9.97 Å². The summed E-state index contributed by atoms with van der Waals surface area (Å²) < 4.78 is 5.44. The molecule has 0 saturated carbocycles. The average molecular weight is 431 g/mol. The van der Waals surface area contributed by atoms with Gasteiger partial charge in [0.05, 0.1) is 19.3 Å². The summed E-state index contributed by atoms with van der Waals surface area (Å²) in [7, 11) is 1.60. The number of carbonyl (C=O) groups is 1. The molecule has 0 spiro atoms. The second-order valence-electron chi connectivity index (χ2n) is 8.02. The number of hydrogen-bond acceptors (Lipinski definition) is 7. The lowest BCUT2D eigenvalue weighted by Gasteiger charge is -2.38. The summed E-state index contributed by atoms with van der Waals surface area (Å²) in [6.07, 6.45) is 5.97. The van der Waals surface area contributed by atoms with E-state index in [1.807, 2.05) is 23.4 Å². The van der Waals surface area contributed by atoms with E-state index in [0.29, 0.717) is 25.6 Å². The third kappa shape index (κ3) is 3.62. The van der Waals surface area contributed by atoms with Crippen molar-refractivity contribution in [3.05, 3.63) is 60.6 Å². The van der Waals surface area contributed by atoms with Gasteiger partial charge in [-0.25, -0.2) is 0 Å². The van der Waals surface area contributed by atoms with Crippen molar-refractivity contribution in [2.24, 2.45) is 0 Å². The fraction of sp³-hybridized carbons (Fsp3) is 0.333. The predicted molar refractivity (Wildman–Crippen MR) is 124 cm³/mol. The number of carbonyl (C=O) groups excluding carboxylic acids is 1. The van der Waals surface area contributed by atoms with Gasteiger partial charge in [0, 0.05) is 61.8 Å². The SMILES string of the molecule is C=CC(=O)N1CCN(c2nc(OC)nc3c2CCN(c2cccc4ccncc24)C3)CC1. The van der Waals surface area contributed by atoms with Gasteiger partial charge < -0.3 is 19.4 Å². The molecular weight excluding hydrogens is 404 g/mol. The summed E-state index contributed by atoms with van der Waals surface area (Å²) in [4.78, 5) is 32.1. The molecular formula is C24H26N6O2. The minimum absolute atomic E-state index is 0.0211. The molecule has 5 rings (SSSR count). The number of aromatic nitrogens is 3. The van der Waals surface area contributed by atoms with Gasteiger partial charge in [0.15, 0.2) is 0 Å². The fourth-order valence-electron chi connectivity index (χ4n) is 4.59. The van der Waals surface area contributed by atoms with Crippen molar-refractivity contribution in [2.45, 2.75) is 13.0 Å². The number of benzene rings is 1. The largest absolute Gasteiger partial charge is 0.467 e. The molecule has 8 nitrogen and oxygen atoms in total.